The van der Waals surface area contributed by atoms with Gasteiger partial charge in [-0.05, 0) is 24.4 Å². The van der Waals surface area contributed by atoms with E-state index in [9.17, 15) is 0 Å². The molecule has 22 heavy (non-hydrogen) atoms. The van der Waals surface area contributed by atoms with Crippen LogP contribution >= 0.6 is 12.2 Å². The number of quaternary nitrogens is 1. The van der Waals surface area contributed by atoms with Crippen LogP contribution in [0, 0.1) is 4.84 Å². The minimum Gasteiger partial charge on any atom is -0.497 e. The Morgan fingerprint density at radius 3 is 2.73 bits per heavy atom. The maximum Gasteiger partial charge on any atom is 0.292 e. The molecule has 2 heterocycles. The summed E-state index contributed by atoms with van der Waals surface area (Å²) in [6.45, 7) is 3.08. The molecule has 0 spiro atoms. The van der Waals surface area contributed by atoms with E-state index in [1.54, 1.807) is 25.0 Å². The Balaban J connectivity index is 1.90. The first-order valence-corrected chi connectivity index (χ1v) is 7.76. The predicted molar refractivity (Wildman–Crippen MR) is 83.8 cm³/mol. The van der Waals surface area contributed by atoms with Crippen molar-refractivity contribution < 1.29 is 18.8 Å². The molecular formula is C15H20N3O3S+. The number of ether oxygens (including phenoxy) is 2. The zero-order valence-electron chi connectivity index (χ0n) is 12.8. The van der Waals surface area contributed by atoms with E-state index in [1.807, 2.05) is 12.1 Å². The van der Waals surface area contributed by atoms with E-state index in [4.69, 9.17) is 26.1 Å². The molecule has 1 aliphatic heterocycles. The third kappa shape index (κ3) is 3.00. The number of nitrogens with one attached hydrogen (secondary N) is 1. The molecule has 0 saturated carbocycles. The summed E-state index contributed by atoms with van der Waals surface area (Å²) in [4.78, 5) is 1.88. The summed E-state index contributed by atoms with van der Waals surface area (Å²) in [5, 5.41) is 4.51. The molecule has 0 atom stereocenters. The van der Waals surface area contributed by atoms with Crippen LogP contribution in [0.15, 0.2) is 22.6 Å². The summed E-state index contributed by atoms with van der Waals surface area (Å²) >= 11 is 5.29. The number of aromatic nitrogens is 2. The van der Waals surface area contributed by atoms with Gasteiger partial charge in [-0.1, -0.05) is 0 Å². The third-order valence-electron chi connectivity index (χ3n) is 3.93. The fraction of sp³-hybridized carbons (Fsp3) is 0.467. The highest BCUT2D eigenvalue weighted by Gasteiger charge is 2.19. The highest BCUT2D eigenvalue weighted by molar-refractivity contribution is 7.71. The van der Waals surface area contributed by atoms with Crippen LogP contribution < -0.4 is 14.4 Å². The molecule has 118 valence electrons. The third-order valence-corrected chi connectivity index (χ3v) is 4.22. The average molecular weight is 322 g/mol. The first kappa shape index (κ1) is 15.1. The van der Waals surface area contributed by atoms with Crippen molar-refractivity contribution in [2.75, 3.05) is 27.3 Å². The van der Waals surface area contributed by atoms with E-state index in [0.29, 0.717) is 16.5 Å². The van der Waals surface area contributed by atoms with Crippen LogP contribution in [-0.4, -0.2) is 37.1 Å². The second-order valence-corrected chi connectivity index (χ2v) is 5.70. The second-order valence-electron chi connectivity index (χ2n) is 5.35. The number of rotatable bonds is 5. The van der Waals surface area contributed by atoms with Gasteiger partial charge in [0.1, 0.15) is 11.5 Å². The van der Waals surface area contributed by atoms with Gasteiger partial charge in [-0.25, -0.2) is 0 Å². The topological polar surface area (TPSA) is 53.9 Å². The molecule has 0 radical (unpaired) electrons. The van der Waals surface area contributed by atoms with Gasteiger partial charge in [0.15, 0.2) is 6.67 Å². The maximum absolute atomic E-state index is 5.66. The van der Waals surface area contributed by atoms with Crippen molar-refractivity contribution in [3.05, 3.63) is 23.0 Å². The Morgan fingerprint density at radius 1 is 1.27 bits per heavy atom. The van der Waals surface area contributed by atoms with E-state index >= 15 is 0 Å². The van der Waals surface area contributed by atoms with Crippen LogP contribution in [0.1, 0.15) is 12.8 Å². The van der Waals surface area contributed by atoms with E-state index in [1.165, 1.54) is 17.7 Å². The fourth-order valence-electron chi connectivity index (χ4n) is 2.74. The highest BCUT2D eigenvalue weighted by atomic mass is 32.1. The van der Waals surface area contributed by atoms with Gasteiger partial charge >= 0.3 is 0 Å². The molecule has 0 unspecified atom stereocenters. The normalized spacial score (nSPS) is 15.2. The molecule has 7 heteroatoms. The maximum atomic E-state index is 5.66. The molecule has 2 aromatic rings. The van der Waals surface area contributed by atoms with Crippen LogP contribution in [0.25, 0.3) is 11.5 Å². The van der Waals surface area contributed by atoms with Gasteiger partial charge < -0.3 is 18.8 Å². The summed E-state index contributed by atoms with van der Waals surface area (Å²) in [5.41, 5.74) is 0.768. The van der Waals surface area contributed by atoms with Crippen LogP contribution in [0.5, 0.6) is 11.5 Å². The van der Waals surface area contributed by atoms with Crippen molar-refractivity contribution in [3.63, 3.8) is 0 Å². The Morgan fingerprint density at radius 2 is 2.05 bits per heavy atom. The molecule has 0 aliphatic carbocycles. The Kier molecular flexibility index (Phi) is 4.44. The molecule has 1 aromatic heterocycles. The van der Waals surface area contributed by atoms with Crippen molar-refractivity contribution in [1.29, 1.82) is 0 Å². The summed E-state index contributed by atoms with van der Waals surface area (Å²) < 4.78 is 18.0. The lowest BCUT2D eigenvalue weighted by atomic mass is 10.2. The van der Waals surface area contributed by atoms with Crippen LogP contribution in [0.2, 0.25) is 0 Å². The van der Waals surface area contributed by atoms with Gasteiger partial charge in [-0.15, -0.1) is 5.10 Å². The highest BCUT2D eigenvalue weighted by Crippen LogP contribution is 2.32. The van der Waals surface area contributed by atoms with Crippen molar-refractivity contribution in [1.82, 2.24) is 9.78 Å². The molecule has 0 amide bonds. The number of nitrogens with zero attached hydrogens (tertiary/aromatic N) is 2. The lowest BCUT2D eigenvalue weighted by Gasteiger charge is -2.10. The second kappa shape index (κ2) is 6.50. The SMILES string of the molecule is COc1ccc(-c2nn(C[NH+]3CCCC3)c(=S)o2)c(OC)c1. The van der Waals surface area contributed by atoms with E-state index in [2.05, 4.69) is 5.10 Å². The van der Waals surface area contributed by atoms with Gasteiger partial charge in [0.25, 0.3) is 10.7 Å². The monoisotopic (exact) mass is 322 g/mol. The molecule has 1 N–H and O–H groups in total. The van der Waals surface area contributed by atoms with Crippen molar-refractivity contribution in [2.45, 2.75) is 19.5 Å². The number of benzene rings is 1. The predicted octanol–water partition coefficient (Wildman–Crippen LogP) is 1.53. The fourth-order valence-corrected chi connectivity index (χ4v) is 2.92. The van der Waals surface area contributed by atoms with Crippen molar-refractivity contribution >= 4 is 12.2 Å². The van der Waals surface area contributed by atoms with Gasteiger partial charge in [-0.2, -0.15) is 4.68 Å². The molecule has 1 aromatic carbocycles. The van der Waals surface area contributed by atoms with Crippen LogP contribution in [0.4, 0.5) is 0 Å². The molecule has 6 nitrogen and oxygen atoms in total. The molecule has 0 bridgehead atoms. The summed E-state index contributed by atoms with van der Waals surface area (Å²) in [5.74, 6) is 1.85. The lowest BCUT2D eigenvalue weighted by molar-refractivity contribution is -0.911. The number of hydrogen-bond donors (Lipinski definition) is 1. The quantitative estimate of drug-likeness (QED) is 0.846. The standard InChI is InChI=1S/C15H19N3O3S/c1-19-11-5-6-12(13(9-11)20-2)14-16-18(15(22)21-14)10-17-7-3-4-8-17/h5-6,9H,3-4,7-8,10H2,1-2H3/p+1. The van der Waals surface area contributed by atoms with Crippen molar-refractivity contribution in [2.24, 2.45) is 0 Å². The average Bonchev–Trinajstić information content (AvgIpc) is 3.17. The molecule has 1 saturated heterocycles. The summed E-state index contributed by atoms with van der Waals surface area (Å²) in [6.07, 6.45) is 2.53. The van der Waals surface area contributed by atoms with Crippen LogP contribution in [-0.2, 0) is 6.67 Å². The van der Waals surface area contributed by atoms with Gasteiger partial charge in [-0.3, -0.25) is 0 Å². The Bertz CT molecular complexity index is 704. The van der Waals surface area contributed by atoms with Gasteiger partial charge in [0, 0.05) is 18.9 Å². The Labute approximate surface area is 134 Å². The zero-order valence-corrected chi connectivity index (χ0v) is 13.6. The van der Waals surface area contributed by atoms with Gasteiger partial charge in [0.2, 0.25) is 0 Å². The van der Waals surface area contributed by atoms with E-state index in [-0.39, 0.29) is 0 Å². The Hall–Kier alpha value is -1.86. The minimum atomic E-state index is 0.396. The number of methoxy groups -OCH3 is 2. The first-order chi connectivity index (χ1) is 10.7. The summed E-state index contributed by atoms with van der Waals surface area (Å²) in [7, 11) is 3.23. The number of likely N-dealkylation sites (tertiary alicyclic amines) is 1. The van der Waals surface area contributed by atoms with Gasteiger partial charge in [0.05, 0.1) is 32.9 Å². The molecule has 1 aliphatic rings. The molecule has 3 rings (SSSR count). The van der Waals surface area contributed by atoms with Crippen molar-refractivity contribution in [3.8, 4) is 23.0 Å². The minimum absolute atomic E-state index is 0.396. The lowest BCUT2D eigenvalue weighted by Crippen LogP contribution is -3.09. The first-order valence-electron chi connectivity index (χ1n) is 7.35. The summed E-state index contributed by atoms with van der Waals surface area (Å²) in [6, 6.07) is 5.52. The number of hydrogen-bond acceptors (Lipinski definition) is 5. The largest absolute Gasteiger partial charge is 0.497 e. The smallest absolute Gasteiger partial charge is 0.292 e. The van der Waals surface area contributed by atoms with E-state index in [0.717, 1.165) is 31.1 Å². The molecular weight excluding hydrogens is 302 g/mol. The molecule has 1 fully saturated rings. The van der Waals surface area contributed by atoms with E-state index < -0.39 is 0 Å². The van der Waals surface area contributed by atoms with Crippen LogP contribution in [0.3, 0.4) is 0 Å². The zero-order chi connectivity index (χ0) is 15.5.